The van der Waals surface area contributed by atoms with Gasteiger partial charge in [0.15, 0.2) is 5.75 Å². The number of aromatic amines is 1. The monoisotopic (exact) mass is 373 g/mol. The Kier molecular flexibility index (Phi) is 6.39. The van der Waals surface area contributed by atoms with Gasteiger partial charge in [-0.2, -0.15) is 0 Å². The topological polar surface area (TPSA) is 94.7 Å². The largest absolute Gasteiger partial charge is 0.465 e. The van der Waals surface area contributed by atoms with E-state index in [1.54, 1.807) is 38.1 Å². The molecule has 0 amide bonds. The van der Waals surface area contributed by atoms with Crippen LogP contribution in [0.1, 0.15) is 32.9 Å². The van der Waals surface area contributed by atoms with E-state index in [0.717, 1.165) is 0 Å². The summed E-state index contributed by atoms with van der Waals surface area (Å²) in [6, 6.07) is 7.02. The number of para-hydroxylation sites is 1. The number of esters is 3. The van der Waals surface area contributed by atoms with Crippen LogP contribution in [0, 0.1) is 0 Å². The van der Waals surface area contributed by atoms with Crippen LogP contribution in [0.3, 0.4) is 0 Å². The highest BCUT2D eigenvalue weighted by molar-refractivity contribution is 6.09. The Hall–Kier alpha value is -3.09. The Morgan fingerprint density at radius 2 is 1.70 bits per heavy atom. The molecule has 144 valence electrons. The predicted octanol–water partition coefficient (Wildman–Crippen LogP) is 3.03. The fourth-order valence-electron chi connectivity index (χ4n) is 2.95. The molecule has 0 saturated heterocycles. The Morgan fingerprint density at radius 3 is 2.22 bits per heavy atom. The van der Waals surface area contributed by atoms with E-state index in [9.17, 15) is 14.4 Å². The van der Waals surface area contributed by atoms with E-state index in [4.69, 9.17) is 14.2 Å². The molecule has 0 radical (unpaired) electrons. The fourth-order valence-corrected chi connectivity index (χ4v) is 2.95. The van der Waals surface area contributed by atoms with Crippen LogP contribution in [0.2, 0.25) is 0 Å². The molecular formula is C20H23NO6. The number of nitrogens with one attached hydrogen (secondary N) is 1. The summed E-state index contributed by atoms with van der Waals surface area (Å²) in [6.07, 6.45) is 1.34. The maximum Gasteiger partial charge on any atom is 0.330 e. The molecule has 1 aromatic carbocycles. The molecule has 0 saturated carbocycles. The van der Waals surface area contributed by atoms with Gasteiger partial charge in [0, 0.05) is 17.8 Å². The lowest BCUT2D eigenvalue weighted by atomic mass is 9.80. The highest BCUT2D eigenvalue weighted by Gasteiger charge is 2.53. The third kappa shape index (κ3) is 3.72. The van der Waals surface area contributed by atoms with Crippen molar-refractivity contribution >= 4 is 28.8 Å². The summed E-state index contributed by atoms with van der Waals surface area (Å²) in [4.78, 5) is 40.7. The molecule has 0 bridgehead atoms. The van der Waals surface area contributed by atoms with E-state index in [2.05, 4.69) is 11.6 Å². The van der Waals surface area contributed by atoms with E-state index >= 15 is 0 Å². The van der Waals surface area contributed by atoms with Gasteiger partial charge in [-0.25, -0.2) is 0 Å². The average Bonchev–Trinajstić information content (AvgIpc) is 2.98. The second-order valence-corrected chi connectivity index (χ2v) is 5.81. The third-order valence-electron chi connectivity index (χ3n) is 4.03. The SMILES string of the molecule is C=CCC(C(=O)OCC)(C(=O)OCC)c1[nH]c2ccccc2c1OC(C)=O. The first-order chi connectivity index (χ1) is 12.9. The van der Waals surface area contributed by atoms with Gasteiger partial charge in [-0.15, -0.1) is 6.58 Å². The van der Waals surface area contributed by atoms with Crippen molar-refractivity contribution in [2.24, 2.45) is 0 Å². The molecule has 0 aliphatic carbocycles. The first-order valence-corrected chi connectivity index (χ1v) is 8.67. The molecule has 27 heavy (non-hydrogen) atoms. The molecule has 2 aromatic rings. The van der Waals surface area contributed by atoms with Crippen molar-refractivity contribution in [3.63, 3.8) is 0 Å². The van der Waals surface area contributed by atoms with Gasteiger partial charge in [0.2, 0.25) is 5.41 Å². The highest BCUT2D eigenvalue weighted by Crippen LogP contribution is 2.42. The summed E-state index contributed by atoms with van der Waals surface area (Å²) in [6.45, 7) is 8.33. The van der Waals surface area contributed by atoms with Crippen molar-refractivity contribution in [2.75, 3.05) is 13.2 Å². The van der Waals surface area contributed by atoms with E-state index in [-0.39, 0.29) is 31.1 Å². The van der Waals surface area contributed by atoms with Gasteiger partial charge in [-0.3, -0.25) is 14.4 Å². The molecule has 0 aliphatic rings. The number of ether oxygens (including phenoxy) is 3. The number of benzene rings is 1. The standard InChI is InChI=1S/C20H23NO6/c1-5-12-20(18(23)25-6-2,19(24)26-7-3)17-16(27-13(4)22)14-10-8-9-11-15(14)21-17/h5,8-11,21H,1,6-7,12H2,2-4H3. The van der Waals surface area contributed by atoms with Crippen molar-refractivity contribution in [1.82, 2.24) is 4.98 Å². The van der Waals surface area contributed by atoms with E-state index in [0.29, 0.717) is 10.9 Å². The van der Waals surface area contributed by atoms with Crippen LogP contribution in [-0.4, -0.2) is 36.1 Å². The molecule has 0 aliphatic heterocycles. The average molecular weight is 373 g/mol. The summed E-state index contributed by atoms with van der Waals surface area (Å²) in [7, 11) is 0. The number of allylic oxidation sites excluding steroid dienone is 1. The normalized spacial score (nSPS) is 11.1. The van der Waals surface area contributed by atoms with Crippen molar-refractivity contribution in [2.45, 2.75) is 32.6 Å². The molecular weight excluding hydrogens is 350 g/mol. The lowest BCUT2D eigenvalue weighted by Crippen LogP contribution is -2.46. The zero-order valence-electron chi connectivity index (χ0n) is 15.7. The zero-order valence-corrected chi connectivity index (χ0v) is 15.7. The molecule has 7 heteroatoms. The second-order valence-electron chi connectivity index (χ2n) is 5.81. The van der Waals surface area contributed by atoms with Gasteiger partial charge in [-0.1, -0.05) is 18.2 Å². The molecule has 0 atom stereocenters. The van der Waals surface area contributed by atoms with Crippen LogP contribution in [0.5, 0.6) is 5.75 Å². The lowest BCUT2D eigenvalue weighted by molar-refractivity contribution is -0.165. The summed E-state index contributed by atoms with van der Waals surface area (Å²) >= 11 is 0. The van der Waals surface area contributed by atoms with Gasteiger partial charge in [0.25, 0.3) is 0 Å². The summed E-state index contributed by atoms with van der Waals surface area (Å²) in [5.41, 5.74) is -1.15. The quantitative estimate of drug-likeness (QED) is 0.434. The Morgan fingerprint density at radius 1 is 1.11 bits per heavy atom. The maximum atomic E-state index is 13.0. The van der Waals surface area contributed by atoms with Crippen LogP contribution < -0.4 is 4.74 Å². The van der Waals surface area contributed by atoms with Crippen LogP contribution in [-0.2, 0) is 29.3 Å². The van der Waals surface area contributed by atoms with Crippen molar-refractivity contribution in [3.8, 4) is 5.75 Å². The summed E-state index contributed by atoms with van der Waals surface area (Å²) in [5, 5.41) is 0.560. The van der Waals surface area contributed by atoms with E-state index < -0.39 is 23.3 Å². The first kappa shape index (κ1) is 20.2. The number of rotatable bonds is 8. The third-order valence-corrected chi connectivity index (χ3v) is 4.03. The first-order valence-electron chi connectivity index (χ1n) is 8.67. The minimum atomic E-state index is -1.86. The van der Waals surface area contributed by atoms with Gasteiger partial charge < -0.3 is 19.2 Å². The number of hydrogen-bond acceptors (Lipinski definition) is 6. The van der Waals surface area contributed by atoms with Gasteiger partial charge in [0.05, 0.1) is 18.9 Å². The Bertz CT molecular complexity index is 848. The Labute approximate surface area is 157 Å². The molecule has 1 aromatic heterocycles. The van der Waals surface area contributed by atoms with Crippen LogP contribution in [0.15, 0.2) is 36.9 Å². The molecule has 0 unspecified atom stereocenters. The summed E-state index contributed by atoms with van der Waals surface area (Å²) in [5.74, 6) is -2.09. The molecule has 0 spiro atoms. The predicted molar refractivity (Wildman–Crippen MR) is 99.4 cm³/mol. The van der Waals surface area contributed by atoms with Crippen molar-refractivity contribution < 1.29 is 28.6 Å². The number of hydrogen-bond donors (Lipinski definition) is 1. The molecule has 7 nitrogen and oxygen atoms in total. The molecule has 2 rings (SSSR count). The number of H-pyrrole nitrogens is 1. The smallest absolute Gasteiger partial charge is 0.330 e. The number of fused-ring (bicyclic) bond motifs is 1. The van der Waals surface area contributed by atoms with Crippen molar-refractivity contribution in [3.05, 3.63) is 42.6 Å². The molecule has 0 fully saturated rings. The lowest BCUT2D eigenvalue weighted by Gasteiger charge is -2.28. The second kappa shape index (κ2) is 8.53. The van der Waals surface area contributed by atoms with Crippen molar-refractivity contribution in [1.29, 1.82) is 0 Å². The van der Waals surface area contributed by atoms with Crippen LogP contribution in [0.25, 0.3) is 10.9 Å². The summed E-state index contributed by atoms with van der Waals surface area (Å²) < 4.78 is 15.8. The molecule has 1 heterocycles. The van der Waals surface area contributed by atoms with E-state index in [1.807, 2.05) is 0 Å². The fraction of sp³-hybridized carbons (Fsp3) is 0.350. The minimum absolute atomic E-state index is 0.0697. The number of carbonyl (C=O) groups is 3. The molecule has 1 N–H and O–H groups in total. The van der Waals surface area contributed by atoms with Gasteiger partial charge >= 0.3 is 17.9 Å². The van der Waals surface area contributed by atoms with Gasteiger partial charge in [-0.05, 0) is 32.4 Å². The van der Waals surface area contributed by atoms with Gasteiger partial charge in [0.1, 0.15) is 0 Å². The number of carbonyl (C=O) groups excluding carboxylic acids is 3. The minimum Gasteiger partial charge on any atom is -0.465 e. The number of aromatic nitrogens is 1. The maximum absolute atomic E-state index is 13.0. The van der Waals surface area contributed by atoms with E-state index in [1.165, 1.54) is 13.0 Å². The Balaban J connectivity index is 2.84. The van der Waals surface area contributed by atoms with Crippen LogP contribution in [0.4, 0.5) is 0 Å². The van der Waals surface area contributed by atoms with Crippen LogP contribution >= 0.6 is 0 Å². The zero-order chi connectivity index (χ0) is 20.0. The highest BCUT2D eigenvalue weighted by atomic mass is 16.6.